The van der Waals surface area contributed by atoms with Crippen LogP contribution in [0.2, 0.25) is 0 Å². The lowest BCUT2D eigenvalue weighted by molar-refractivity contribution is 0.131. The van der Waals surface area contributed by atoms with E-state index in [0.29, 0.717) is 5.75 Å². The molecule has 2 N–H and O–H groups in total. The van der Waals surface area contributed by atoms with Gasteiger partial charge in [-0.3, -0.25) is 4.72 Å². The van der Waals surface area contributed by atoms with Crippen LogP contribution in [0.4, 0.5) is 5.69 Å². The summed E-state index contributed by atoms with van der Waals surface area (Å²) < 4.78 is 30.2. The van der Waals surface area contributed by atoms with Crippen LogP contribution in [0.25, 0.3) is 0 Å². The van der Waals surface area contributed by atoms with E-state index in [9.17, 15) is 13.5 Å². The number of hydrogen-bond donors (Lipinski definition) is 2. The number of hydrogen-bond acceptors (Lipinski definition) is 4. The first-order valence-electron chi connectivity index (χ1n) is 5.07. The Kier molecular flexibility index (Phi) is 3.56. The summed E-state index contributed by atoms with van der Waals surface area (Å²) in [6.45, 7) is 5.50. The molecule has 0 atom stereocenters. The van der Waals surface area contributed by atoms with Crippen molar-refractivity contribution in [1.82, 2.24) is 0 Å². The topological polar surface area (TPSA) is 75.6 Å². The third-order valence-electron chi connectivity index (χ3n) is 1.71. The minimum atomic E-state index is -3.47. The van der Waals surface area contributed by atoms with Crippen molar-refractivity contribution in [3.05, 3.63) is 18.2 Å². The largest absolute Gasteiger partial charge is 0.506 e. The maximum atomic E-state index is 11.2. The van der Waals surface area contributed by atoms with Gasteiger partial charge in [0.1, 0.15) is 22.8 Å². The standard InChI is InChI=1S/C11H17NO4S/c1-11(2,3)16-9-7-5-6-8(13)10(9)12-17(4,14)15/h5-7,12-13H,1-4H3. The highest BCUT2D eigenvalue weighted by molar-refractivity contribution is 7.92. The number of sulfonamides is 1. The van der Waals surface area contributed by atoms with E-state index in [1.54, 1.807) is 12.1 Å². The molecule has 0 heterocycles. The molecule has 6 heteroatoms. The first-order valence-corrected chi connectivity index (χ1v) is 6.96. The van der Waals surface area contributed by atoms with E-state index < -0.39 is 15.6 Å². The smallest absolute Gasteiger partial charge is 0.230 e. The van der Waals surface area contributed by atoms with Crippen molar-refractivity contribution < 1.29 is 18.3 Å². The van der Waals surface area contributed by atoms with Crippen molar-refractivity contribution in [2.24, 2.45) is 0 Å². The Morgan fingerprint density at radius 3 is 2.35 bits per heavy atom. The van der Waals surface area contributed by atoms with Gasteiger partial charge in [0.05, 0.1) is 6.26 Å². The summed E-state index contributed by atoms with van der Waals surface area (Å²) >= 11 is 0. The van der Waals surface area contributed by atoms with Crippen molar-refractivity contribution >= 4 is 15.7 Å². The van der Waals surface area contributed by atoms with Crippen molar-refractivity contribution in [3.63, 3.8) is 0 Å². The summed E-state index contributed by atoms with van der Waals surface area (Å²) in [6.07, 6.45) is 1.01. The Hall–Kier alpha value is -1.43. The third kappa shape index (κ3) is 4.52. The predicted molar refractivity (Wildman–Crippen MR) is 67.0 cm³/mol. The average Bonchev–Trinajstić information content (AvgIpc) is 2.07. The third-order valence-corrected chi connectivity index (χ3v) is 2.28. The lowest BCUT2D eigenvalue weighted by Gasteiger charge is -2.23. The van der Waals surface area contributed by atoms with E-state index >= 15 is 0 Å². The highest BCUT2D eigenvalue weighted by atomic mass is 32.2. The Balaban J connectivity index is 3.18. The lowest BCUT2D eigenvalue weighted by Crippen LogP contribution is -2.24. The summed E-state index contributed by atoms with van der Waals surface area (Å²) in [4.78, 5) is 0. The van der Waals surface area contributed by atoms with E-state index in [0.717, 1.165) is 6.26 Å². The number of phenolic OH excluding ortho intramolecular Hbond substituents is 1. The molecule has 0 fully saturated rings. The number of benzene rings is 1. The monoisotopic (exact) mass is 259 g/mol. The summed E-state index contributed by atoms with van der Waals surface area (Å²) in [5.74, 6) is 0.125. The molecular weight excluding hydrogens is 242 g/mol. The van der Waals surface area contributed by atoms with E-state index in [4.69, 9.17) is 4.74 Å². The lowest BCUT2D eigenvalue weighted by atomic mass is 10.2. The van der Waals surface area contributed by atoms with Gasteiger partial charge in [0.15, 0.2) is 0 Å². The van der Waals surface area contributed by atoms with E-state index in [1.165, 1.54) is 6.07 Å². The number of rotatable bonds is 3. The molecule has 0 aliphatic carbocycles. The molecule has 0 aromatic heterocycles. The summed E-state index contributed by atoms with van der Waals surface area (Å²) in [5, 5.41) is 9.64. The fourth-order valence-electron chi connectivity index (χ4n) is 1.22. The van der Waals surface area contributed by atoms with Gasteiger partial charge in [-0.1, -0.05) is 6.07 Å². The summed E-state index contributed by atoms with van der Waals surface area (Å²) in [7, 11) is -3.47. The van der Waals surface area contributed by atoms with Crippen molar-refractivity contribution in [1.29, 1.82) is 0 Å². The molecule has 0 saturated carbocycles. The molecule has 0 radical (unpaired) electrons. The van der Waals surface area contributed by atoms with Gasteiger partial charge in [-0.05, 0) is 32.9 Å². The average molecular weight is 259 g/mol. The SMILES string of the molecule is CC(C)(C)Oc1cccc(O)c1NS(C)(=O)=O. The number of ether oxygens (including phenoxy) is 1. The van der Waals surface area contributed by atoms with Gasteiger partial charge in [-0.25, -0.2) is 8.42 Å². The zero-order chi connectivity index (χ0) is 13.3. The van der Waals surface area contributed by atoms with Crippen LogP contribution < -0.4 is 9.46 Å². The fourth-order valence-corrected chi connectivity index (χ4v) is 1.80. The van der Waals surface area contributed by atoms with Crippen molar-refractivity contribution in [2.75, 3.05) is 11.0 Å². The first kappa shape index (κ1) is 13.6. The van der Waals surface area contributed by atoms with Gasteiger partial charge >= 0.3 is 0 Å². The van der Waals surface area contributed by atoms with Crippen LogP contribution >= 0.6 is 0 Å². The molecule has 5 nitrogen and oxygen atoms in total. The minimum absolute atomic E-state index is 0.0601. The Bertz CT molecular complexity index is 503. The van der Waals surface area contributed by atoms with Gasteiger partial charge in [-0.15, -0.1) is 0 Å². The van der Waals surface area contributed by atoms with Crippen LogP contribution in [0.5, 0.6) is 11.5 Å². The van der Waals surface area contributed by atoms with Crippen molar-refractivity contribution in [2.45, 2.75) is 26.4 Å². The highest BCUT2D eigenvalue weighted by Crippen LogP contribution is 2.36. The molecule has 17 heavy (non-hydrogen) atoms. The van der Waals surface area contributed by atoms with Crippen LogP contribution in [-0.4, -0.2) is 25.4 Å². The zero-order valence-electron chi connectivity index (χ0n) is 10.3. The molecule has 0 spiro atoms. The molecule has 0 bridgehead atoms. The summed E-state index contributed by atoms with van der Waals surface area (Å²) in [5.41, 5.74) is -0.424. The van der Waals surface area contributed by atoms with Crippen LogP contribution in [0.3, 0.4) is 0 Å². The molecule has 1 aromatic rings. The second kappa shape index (κ2) is 4.44. The van der Waals surface area contributed by atoms with Gasteiger partial charge in [-0.2, -0.15) is 0 Å². The number of para-hydroxylation sites is 1. The predicted octanol–water partition coefficient (Wildman–Crippen LogP) is 1.94. The number of phenols is 1. The second-order valence-electron chi connectivity index (χ2n) is 4.74. The number of aromatic hydroxyl groups is 1. The Morgan fingerprint density at radius 1 is 1.29 bits per heavy atom. The molecule has 1 rings (SSSR count). The number of nitrogens with one attached hydrogen (secondary N) is 1. The van der Waals surface area contributed by atoms with Gasteiger partial charge in [0, 0.05) is 0 Å². The van der Waals surface area contributed by atoms with E-state index in [-0.39, 0.29) is 11.4 Å². The first-order chi connectivity index (χ1) is 7.58. The molecule has 1 aromatic carbocycles. The highest BCUT2D eigenvalue weighted by Gasteiger charge is 2.18. The van der Waals surface area contributed by atoms with Gasteiger partial charge < -0.3 is 9.84 Å². The molecular formula is C11H17NO4S. The quantitative estimate of drug-likeness (QED) is 0.813. The molecule has 0 aliphatic heterocycles. The van der Waals surface area contributed by atoms with Gasteiger partial charge in [0.25, 0.3) is 0 Å². The van der Waals surface area contributed by atoms with Crippen LogP contribution in [0.1, 0.15) is 20.8 Å². The molecule has 0 aliphatic rings. The maximum absolute atomic E-state index is 11.2. The molecule has 0 unspecified atom stereocenters. The minimum Gasteiger partial charge on any atom is -0.506 e. The van der Waals surface area contributed by atoms with Gasteiger partial charge in [0.2, 0.25) is 10.0 Å². The van der Waals surface area contributed by atoms with E-state index in [2.05, 4.69) is 4.72 Å². The summed E-state index contributed by atoms with van der Waals surface area (Å²) in [6, 6.07) is 4.57. The van der Waals surface area contributed by atoms with E-state index in [1.807, 2.05) is 20.8 Å². The van der Waals surface area contributed by atoms with Crippen LogP contribution in [0, 0.1) is 0 Å². The second-order valence-corrected chi connectivity index (χ2v) is 6.49. The van der Waals surface area contributed by atoms with Crippen molar-refractivity contribution in [3.8, 4) is 11.5 Å². The molecule has 96 valence electrons. The molecule has 0 amide bonds. The Morgan fingerprint density at radius 2 is 1.88 bits per heavy atom. The number of anilines is 1. The Labute approximate surface area is 101 Å². The molecule has 0 saturated heterocycles. The maximum Gasteiger partial charge on any atom is 0.230 e. The zero-order valence-corrected chi connectivity index (χ0v) is 11.1. The normalized spacial score (nSPS) is 12.2. The van der Waals surface area contributed by atoms with Crippen LogP contribution in [-0.2, 0) is 10.0 Å². The van der Waals surface area contributed by atoms with Crippen LogP contribution in [0.15, 0.2) is 18.2 Å². The fraction of sp³-hybridized carbons (Fsp3) is 0.455.